The molecule has 0 spiro atoms. The molecule has 0 bridgehead atoms. The molecule has 2 nitrogen and oxygen atoms in total. The summed E-state index contributed by atoms with van der Waals surface area (Å²) in [5, 5.41) is 0. The van der Waals surface area contributed by atoms with Crippen molar-refractivity contribution in [2.24, 2.45) is 0 Å². The van der Waals surface area contributed by atoms with Crippen molar-refractivity contribution < 1.29 is 4.79 Å². The van der Waals surface area contributed by atoms with Crippen molar-refractivity contribution in [3.63, 3.8) is 0 Å². The first kappa shape index (κ1) is 14.7. The third kappa shape index (κ3) is 4.17. The van der Waals surface area contributed by atoms with Gasteiger partial charge in [-0.15, -0.1) is 0 Å². The smallest absolute Gasteiger partial charge is 0.223 e. The van der Waals surface area contributed by atoms with E-state index >= 15 is 0 Å². The van der Waals surface area contributed by atoms with Crippen molar-refractivity contribution >= 4 is 5.91 Å². The van der Waals surface area contributed by atoms with E-state index in [0.717, 1.165) is 19.4 Å². The van der Waals surface area contributed by atoms with Crippen LogP contribution in [0.2, 0.25) is 0 Å². The molecule has 1 unspecified atom stereocenters. The molecule has 0 N–H and O–H groups in total. The molecule has 18 heavy (non-hydrogen) atoms. The minimum Gasteiger partial charge on any atom is -0.336 e. The Labute approximate surface area is 111 Å². The first-order valence-electron chi connectivity index (χ1n) is 6.93. The van der Waals surface area contributed by atoms with Gasteiger partial charge < -0.3 is 4.90 Å². The molecule has 0 saturated carbocycles. The van der Waals surface area contributed by atoms with Crippen LogP contribution in [0.3, 0.4) is 0 Å². The van der Waals surface area contributed by atoms with E-state index < -0.39 is 0 Å². The van der Waals surface area contributed by atoms with E-state index in [0.29, 0.717) is 12.5 Å². The maximum Gasteiger partial charge on any atom is 0.223 e. The summed E-state index contributed by atoms with van der Waals surface area (Å²) >= 11 is 0. The average Bonchev–Trinajstić information content (AvgIpc) is 2.35. The van der Waals surface area contributed by atoms with Gasteiger partial charge in [-0.3, -0.25) is 4.79 Å². The van der Waals surface area contributed by atoms with Crippen LogP contribution in [0.5, 0.6) is 0 Å². The van der Waals surface area contributed by atoms with Crippen LogP contribution < -0.4 is 0 Å². The number of carbonyl (C=O) groups excluding carboxylic acids is 1. The number of nitrogens with zero attached hydrogens (tertiary/aromatic N) is 1. The van der Waals surface area contributed by atoms with Crippen LogP contribution in [0.4, 0.5) is 0 Å². The fourth-order valence-corrected chi connectivity index (χ4v) is 2.07. The molecule has 1 aromatic rings. The molecular formula is C16H25NO. The summed E-state index contributed by atoms with van der Waals surface area (Å²) in [4.78, 5) is 14.2. The Morgan fingerprint density at radius 2 is 2.06 bits per heavy atom. The van der Waals surface area contributed by atoms with Crippen LogP contribution in [0, 0.1) is 6.92 Å². The number of hydrogen-bond acceptors (Lipinski definition) is 1. The molecule has 0 aromatic heterocycles. The van der Waals surface area contributed by atoms with Gasteiger partial charge in [0.25, 0.3) is 0 Å². The van der Waals surface area contributed by atoms with Crippen molar-refractivity contribution in [1.29, 1.82) is 0 Å². The van der Waals surface area contributed by atoms with Gasteiger partial charge in [0.15, 0.2) is 0 Å². The molecule has 1 rings (SSSR count). The fraction of sp³-hybridized carbons (Fsp3) is 0.562. The second-order valence-electron chi connectivity index (χ2n) is 5.02. The van der Waals surface area contributed by atoms with Crippen LogP contribution in [-0.2, 0) is 11.3 Å². The Kier molecular flexibility index (Phi) is 5.90. The van der Waals surface area contributed by atoms with Gasteiger partial charge in [-0.25, -0.2) is 0 Å². The summed E-state index contributed by atoms with van der Waals surface area (Å²) in [5.74, 6) is 0.272. The predicted octanol–water partition coefficient (Wildman–Crippen LogP) is 3.92. The highest BCUT2D eigenvalue weighted by molar-refractivity contribution is 5.76. The lowest BCUT2D eigenvalue weighted by Crippen LogP contribution is -2.37. The van der Waals surface area contributed by atoms with Crippen LogP contribution in [0.15, 0.2) is 24.3 Å². The van der Waals surface area contributed by atoms with E-state index in [9.17, 15) is 4.79 Å². The molecule has 0 saturated heterocycles. The van der Waals surface area contributed by atoms with Gasteiger partial charge in [0.05, 0.1) is 0 Å². The summed E-state index contributed by atoms with van der Waals surface area (Å²) in [5.41, 5.74) is 2.47. The van der Waals surface area contributed by atoms with E-state index in [1.807, 2.05) is 4.90 Å². The van der Waals surface area contributed by atoms with E-state index in [-0.39, 0.29) is 5.91 Å². The topological polar surface area (TPSA) is 20.3 Å². The van der Waals surface area contributed by atoms with E-state index in [4.69, 9.17) is 0 Å². The molecule has 1 amide bonds. The van der Waals surface area contributed by atoms with Crippen LogP contribution in [0.25, 0.3) is 0 Å². The molecule has 0 radical (unpaired) electrons. The zero-order chi connectivity index (χ0) is 13.5. The standard InChI is InChI=1S/C16H25NO/c1-5-8-16(18)17(14(4)6-2)12-15-10-7-9-13(3)11-15/h7,9-11,14H,5-6,8,12H2,1-4H3. The molecule has 0 fully saturated rings. The Bertz CT molecular complexity index is 386. The normalized spacial score (nSPS) is 12.2. The summed E-state index contributed by atoms with van der Waals surface area (Å²) in [7, 11) is 0. The minimum absolute atomic E-state index is 0.272. The second kappa shape index (κ2) is 7.20. The summed E-state index contributed by atoms with van der Waals surface area (Å²) < 4.78 is 0. The lowest BCUT2D eigenvalue weighted by Gasteiger charge is -2.29. The summed E-state index contributed by atoms with van der Waals surface area (Å²) in [6.07, 6.45) is 2.57. The molecule has 1 atom stereocenters. The molecular weight excluding hydrogens is 222 g/mol. The summed E-state index contributed by atoms with van der Waals surface area (Å²) in [6, 6.07) is 8.72. The lowest BCUT2D eigenvalue weighted by atomic mass is 10.1. The molecule has 1 aromatic carbocycles. The number of aryl methyl sites for hydroxylation is 1. The van der Waals surface area contributed by atoms with Gasteiger partial charge >= 0.3 is 0 Å². The van der Waals surface area contributed by atoms with Crippen LogP contribution in [0.1, 0.15) is 51.2 Å². The molecule has 0 aliphatic rings. The number of benzene rings is 1. The van der Waals surface area contributed by atoms with Crippen LogP contribution >= 0.6 is 0 Å². The van der Waals surface area contributed by atoms with Crippen molar-refractivity contribution in [2.45, 2.75) is 59.5 Å². The molecule has 0 aliphatic heterocycles. The Hall–Kier alpha value is -1.31. The first-order valence-corrected chi connectivity index (χ1v) is 6.93. The second-order valence-corrected chi connectivity index (χ2v) is 5.02. The molecule has 0 heterocycles. The zero-order valence-electron chi connectivity index (χ0n) is 12.1. The molecule has 2 heteroatoms. The van der Waals surface area contributed by atoms with Gasteiger partial charge in [-0.1, -0.05) is 43.7 Å². The fourth-order valence-electron chi connectivity index (χ4n) is 2.07. The van der Waals surface area contributed by atoms with E-state index in [1.54, 1.807) is 0 Å². The Morgan fingerprint density at radius 3 is 2.61 bits per heavy atom. The van der Waals surface area contributed by atoms with Crippen molar-refractivity contribution in [3.05, 3.63) is 35.4 Å². The largest absolute Gasteiger partial charge is 0.336 e. The number of amides is 1. The third-order valence-corrected chi connectivity index (χ3v) is 3.34. The highest BCUT2D eigenvalue weighted by Gasteiger charge is 2.18. The number of rotatable bonds is 6. The maximum absolute atomic E-state index is 12.2. The Morgan fingerprint density at radius 1 is 1.33 bits per heavy atom. The first-order chi connectivity index (χ1) is 8.58. The zero-order valence-corrected chi connectivity index (χ0v) is 12.1. The monoisotopic (exact) mass is 247 g/mol. The van der Waals surface area contributed by atoms with Gasteiger partial charge in [0.1, 0.15) is 0 Å². The number of carbonyl (C=O) groups is 1. The summed E-state index contributed by atoms with van der Waals surface area (Å²) in [6.45, 7) is 9.14. The minimum atomic E-state index is 0.272. The van der Waals surface area contributed by atoms with E-state index in [1.165, 1.54) is 11.1 Å². The maximum atomic E-state index is 12.2. The molecule has 0 aliphatic carbocycles. The number of hydrogen-bond donors (Lipinski definition) is 0. The Balaban J connectivity index is 2.81. The van der Waals surface area contributed by atoms with Crippen molar-refractivity contribution in [3.8, 4) is 0 Å². The van der Waals surface area contributed by atoms with Gasteiger partial charge in [0.2, 0.25) is 5.91 Å². The van der Waals surface area contributed by atoms with Crippen molar-refractivity contribution in [2.75, 3.05) is 0 Å². The third-order valence-electron chi connectivity index (χ3n) is 3.34. The van der Waals surface area contributed by atoms with Gasteiger partial charge in [-0.05, 0) is 32.3 Å². The molecule has 100 valence electrons. The highest BCUT2D eigenvalue weighted by Crippen LogP contribution is 2.14. The SMILES string of the molecule is CCCC(=O)N(Cc1cccc(C)c1)C(C)CC. The lowest BCUT2D eigenvalue weighted by molar-refractivity contribution is -0.134. The predicted molar refractivity (Wildman–Crippen MR) is 76.4 cm³/mol. The van der Waals surface area contributed by atoms with Gasteiger partial charge in [-0.2, -0.15) is 0 Å². The van der Waals surface area contributed by atoms with E-state index in [2.05, 4.69) is 52.0 Å². The highest BCUT2D eigenvalue weighted by atomic mass is 16.2. The van der Waals surface area contributed by atoms with Crippen molar-refractivity contribution in [1.82, 2.24) is 4.90 Å². The average molecular weight is 247 g/mol. The quantitative estimate of drug-likeness (QED) is 0.746. The van der Waals surface area contributed by atoms with Gasteiger partial charge in [0, 0.05) is 19.0 Å². The van der Waals surface area contributed by atoms with Crippen LogP contribution in [-0.4, -0.2) is 16.8 Å².